The van der Waals surface area contributed by atoms with Gasteiger partial charge < -0.3 is 14.6 Å². The minimum atomic E-state index is -0.753. The fraction of sp³-hybridized carbons (Fsp3) is 0.424. The molecule has 4 rings (SSSR count). The first-order valence-corrected chi connectivity index (χ1v) is 13.6. The highest BCUT2D eigenvalue weighted by Gasteiger charge is 2.33. The third-order valence-electron chi connectivity index (χ3n) is 7.76. The van der Waals surface area contributed by atoms with Crippen LogP contribution in [0.2, 0.25) is 0 Å². The number of methoxy groups -OCH3 is 1. The van der Waals surface area contributed by atoms with E-state index in [4.69, 9.17) is 9.47 Å². The number of allylic oxidation sites excluding steroid dienone is 5. The molecule has 202 valence electrons. The van der Waals surface area contributed by atoms with Crippen molar-refractivity contribution >= 4 is 11.5 Å². The summed E-state index contributed by atoms with van der Waals surface area (Å²) >= 11 is 0. The maximum Gasteiger partial charge on any atom is 0.303 e. The van der Waals surface area contributed by atoms with Crippen molar-refractivity contribution in [3.8, 4) is 5.75 Å². The lowest BCUT2D eigenvalue weighted by Crippen LogP contribution is -2.11. The monoisotopic (exact) mass is 518 g/mol. The number of benzene rings is 2. The quantitative estimate of drug-likeness (QED) is 0.306. The molecule has 0 bridgehead atoms. The Labute approximate surface area is 225 Å². The van der Waals surface area contributed by atoms with Gasteiger partial charge >= 0.3 is 5.97 Å². The van der Waals surface area contributed by atoms with Crippen LogP contribution in [0.1, 0.15) is 81.9 Å². The van der Waals surface area contributed by atoms with Gasteiger partial charge in [0.2, 0.25) is 0 Å². The van der Waals surface area contributed by atoms with E-state index in [1.165, 1.54) is 6.07 Å². The summed E-state index contributed by atoms with van der Waals surface area (Å²) in [5.41, 5.74) is 4.54. The summed E-state index contributed by atoms with van der Waals surface area (Å²) in [5, 5.41) is 9.39. The summed E-state index contributed by atoms with van der Waals surface area (Å²) in [6.07, 6.45) is 10.8. The fourth-order valence-electron chi connectivity index (χ4n) is 5.05. The molecule has 1 N–H and O–H groups in total. The second-order valence-corrected chi connectivity index (χ2v) is 11.3. The fourth-order valence-corrected chi connectivity index (χ4v) is 5.05. The molecule has 4 nitrogen and oxygen atoms in total. The van der Waals surface area contributed by atoms with E-state index in [1.807, 2.05) is 30.4 Å². The van der Waals surface area contributed by atoms with Crippen LogP contribution in [0.15, 0.2) is 72.0 Å². The van der Waals surface area contributed by atoms with Crippen LogP contribution in [-0.4, -0.2) is 18.2 Å². The van der Waals surface area contributed by atoms with E-state index in [0.717, 1.165) is 53.7 Å². The normalized spacial score (nSPS) is 16.6. The van der Waals surface area contributed by atoms with Crippen LogP contribution in [0.3, 0.4) is 0 Å². The molecule has 1 unspecified atom stereocenters. The molecule has 2 aromatic rings. The molecule has 0 radical (unpaired) electrons. The second-order valence-electron chi connectivity index (χ2n) is 11.3. The van der Waals surface area contributed by atoms with E-state index in [1.54, 1.807) is 19.2 Å². The van der Waals surface area contributed by atoms with Gasteiger partial charge in [0.1, 0.15) is 23.9 Å². The Balaban J connectivity index is 1.61. The highest BCUT2D eigenvalue weighted by atomic mass is 19.1. The first-order valence-electron chi connectivity index (χ1n) is 13.6. The van der Waals surface area contributed by atoms with Gasteiger partial charge in [-0.3, -0.25) is 4.79 Å². The zero-order valence-corrected chi connectivity index (χ0v) is 22.9. The number of hydrogen-bond donors (Lipinski definition) is 1. The molecular formula is C33H39FO4. The third-order valence-corrected chi connectivity index (χ3v) is 7.76. The average Bonchev–Trinajstić information content (AvgIpc) is 3.75. The van der Waals surface area contributed by atoms with Crippen molar-refractivity contribution in [3.63, 3.8) is 0 Å². The SMILES string of the molecule is CCC(C)(C)CC1=C(c2cc(OC)ccc2F)C=CCC(OCc2cccc(C(CC(=O)O)C3CC3)c2)=C1. The second kappa shape index (κ2) is 12.0. The summed E-state index contributed by atoms with van der Waals surface area (Å²) in [5.74, 6) is 0.931. The zero-order chi connectivity index (χ0) is 27.3. The van der Waals surface area contributed by atoms with E-state index >= 15 is 4.39 Å². The molecule has 5 heteroatoms. The maximum absolute atomic E-state index is 15.0. The van der Waals surface area contributed by atoms with Crippen molar-refractivity contribution in [2.24, 2.45) is 11.3 Å². The first-order chi connectivity index (χ1) is 18.2. The van der Waals surface area contributed by atoms with Crippen molar-refractivity contribution in [1.29, 1.82) is 0 Å². The molecule has 0 amide bonds. The van der Waals surface area contributed by atoms with Crippen molar-refractivity contribution in [1.82, 2.24) is 0 Å². The number of carboxylic acid groups (broad SMARTS) is 1. The van der Waals surface area contributed by atoms with Gasteiger partial charge in [-0.1, -0.05) is 63.6 Å². The lowest BCUT2D eigenvalue weighted by atomic mass is 9.81. The molecule has 1 atom stereocenters. The van der Waals surface area contributed by atoms with Crippen LogP contribution < -0.4 is 4.74 Å². The third kappa shape index (κ3) is 7.15. The maximum atomic E-state index is 15.0. The Morgan fingerprint density at radius 1 is 1.18 bits per heavy atom. The van der Waals surface area contributed by atoms with Crippen LogP contribution in [0.4, 0.5) is 4.39 Å². The Morgan fingerprint density at radius 3 is 2.66 bits per heavy atom. The summed E-state index contributed by atoms with van der Waals surface area (Å²) in [6, 6.07) is 13.0. The van der Waals surface area contributed by atoms with Crippen molar-refractivity contribution in [2.45, 2.75) is 71.8 Å². The van der Waals surface area contributed by atoms with Crippen LogP contribution in [-0.2, 0) is 16.1 Å². The Morgan fingerprint density at radius 2 is 1.97 bits per heavy atom. The van der Waals surface area contributed by atoms with E-state index in [2.05, 4.69) is 32.9 Å². The minimum Gasteiger partial charge on any atom is -0.497 e. The lowest BCUT2D eigenvalue weighted by Gasteiger charge is -2.25. The number of rotatable bonds is 12. The minimum absolute atomic E-state index is 0.0337. The number of aliphatic carboxylic acids is 1. The lowest BCUT2D eigenvalue weighted by molar-refractivity contribution is -0.137. The van der Waals surface area contributed by atoms with E-state index in [-0.39, 0.29) is 23.6 Å². The predicted molar refractivity (Wildman–Crippen MR) is 149 cm³/mol. The summed E-state index contributed by atoms with van der Waals surface area (Å²) < 4.78 is 26.7. The summed E-state index contributed by atoms with van der Waals surface area (Å²) in [6.45, 7) is 7.01. The van der Waals surface area contributed by atoms with Crippen LogP contribution in [0.25, 0.3) is 5.57 Å². The molecule has 0 spiro atoms. The summed E-state index contributed by atoms with van der Waals surface area (Å²) in [4.78, 5) is 11.4. The molecule has 1 fully saturated rings. The van der Waals surface area contributed by atoms with Gasteiger partial charge in [-0.25, -0.2) is 4.39 Å². The van der Waals surface area contributed by atoms with Gasteiger partial charge in [-0.15, -0.1) is 0 Å². The number of halogens is 1. The standard InChI is InChI=1S/C33H39FO4/c1-5-33(2,3)20-25-17-27(10-7-11-28(25)30-18-26(37-4)14-15-31(30)34)38-21-22-8-6-9-24(16-22)29(19-32(35)36)23-12-13-23/h6-9,11,14-18,23,29H,5,10,12-13,19-21H2,1-4H3,(H,35,36). The van der Waals surface area contributed by atoms with Crippen LogP contribution in [0.5, 0.6) is 5.75 Å². The van der Waals surface area contributed by atoms with Crippen LogP contribution >= 0.6 is 0 Å². The van der Waals surface area contributed by atoms with Crippen LogP contribution in [0, 0.1) is 17.2 Å². The molecule has 2 aliphatic rings. The van der Waals surface area contributed by atoms with Crippen molar-refractivity contribution < 1.29 is 23.8 Å². The topological polar surface area (TPSA) is 55.8 Å². The zero-order valence-electron chi connectivity index (χ0n) is 22.9. The van der Waals surface area contributed by atoms with Gasteiger partial charge in [0.25, 0.3) is 0 Å². The Kier molecular flexibility index (Phi) is 8.76. The van der Waals surface area contributed by atoms with E-state index < -0.39 is 5.97 Å². The van der Waals surface area contributed by atoms with Crippen molar-refractivity contribution in [3.05, 3.63) is 94.5 Å². The number of ether oxygens (including phenoxy) is 2. The Hall–Kier alpha value is -3.34. The van der Waals surface area contributed by atoms with E-state index in [9.17, 15) is 9.90 Å². The molecule has 0 aromatic heterocycles. The highest BCUT2D eigenvalue weighted by molar-refractivity contribution is 5.80. The smallest absolute Gasteiger partial charge is 0.303 e. The molecule has 0 saturated heterocycles. The molecule has 0 heterocycles. The average molecular weight is 519 g/mol. The number of carbonyl (C=O) groups is 1. The van der Waals surface area contributed by atoms with Gasteiger partial charge in [-0.2, -0.15) is 0 Å². The Bertz CT molecular complexity index is 1250. The van der Waals surface area contributed by atoms with Gasteiger partial charge in [0.15, 0.2) is 0 Å². The van der Waals surface area contributed by atoms with E-state index in [0.29, 0.717) is 30.3 Å². The number of hydrogen-bond acceptors (Lipinski definition) is 3. The molecule has 38 heavy (non-hydrogen) atoms. The molecule has 1 saturated carbocycles. The van der Waals surface area contributed by atoms with Gasteiger partial charge in [-0.05, 0) is 83.1 Å². The molecular weight excluding hydrogens is 479 g/mol. The summed E-state index contributed by atoms with van der Waals surface area (Å²) in [7, 11) is 1.59. The first kappa shape index (κ1) is 27.7. The molecule has 2 aromatic carbocycles. The highest BCUT2D eigenvalue weighted by Crippen LogP contribution is 2.44. The van der Waals surface area contributed by atoms with Crippen molar-refractivity contribution in [2.75, 3.05) is 7.11 Å². The van der Waals surface area contributed by atoms with Gasteiger partial charge in [0.05, 0.1) is 13.5 Å². The number of carboxylic acids is 1. The largest absolute Gasteiger partial charge is 0.497 e. The molecule has 0 aliphatic heterocycles. The predicted octanol–water partition coefficient (Wildman–Crippen LogP) is 8.44. The van der Waals surface area contributed by atoms with Gasteiger partial charge in [0, 0.05) is 12.0 Å². The molecule has 2 aliphatic carbocycles.